The van der Waals surface area contributed by atoms with E-state index in [0.717, 1.165) is 86.5 Å². The molecule has 0 atom stereocenters. The third-order valence-corrected chi connectivity index (χ3v) is 9.94. The number of rotatable bonds is 8. The van der Waals surface area contributed by atoms with Gasteiger partial charge in [0, 0.05) is 72.8 Å². The molecule has 0 radical (unpaired) electrons. The molecule has 0 amide bonds. The predicted molar refractivity (Wildman–Crippen MR) is 197 cm³/mol. The van der Waals surface area contributed by atoms with Crippen molar-refractivity contribution in [2.75, 3.05) is 37.1 Å². The lowest BCUT2D eigenvalue weighted by Crippen LogP contribution is -2.17. The van der Waals surface area contributed by atoms with Crippen LogP contribution in [0.1, 0.15) is 71.4 Å². The van der Waals surface area contributed by atoms with Crippen molar-refractivity contribution in [1.29, 1.82) is 0 Å². The summed E-state index contributed by atoms with van der Waals surface area (Å²) in [4.78, 5) is 17.8. The number of fused-ring (bicyclic) bond motifs is 2. The van der Waals surface area contributed by atoms with Crippen LogP contribution in [0.15, 0.2) is 46.9 Å². The van der Waals surface area contributed by atoms with Crippen molar-refractivity contribution >= 4 is 51.0 Å². The standard InChI is InChI=1S/C18H19BrFN5O.C18H18ClF2N5O/c1-11-6-16(13-2-4-26-5-3-13)25-18(22-11)23-17(24-25)21-10-12-7-14(19)9-15(20)8-12;1-10-8-14(11-4-6-27-7-5-11)26-18(23-10)24-17(25-26)22-9-12-2-3-13(20)15(19)16(12)21/h6-9,13H,2-5,10H2,1H3,(H,21,24);2-3,8,11H,4-7,9H2,1H3,(H,22,25). The van der Waals surface area contributed by atoms with Crippen molar-refractivity contribution in [3.63, 3.8) is 0 Å². The maximum atomic E-state index is 14.0. The predicted octanol–water partition coefficient (Wildman–Crippen LogP) is 7.71. The van der Waals surface area contributed by atoms with Crippen LogP contribution in [0.3, 0.4) is 0 Å². The van der Waals surface area contributed by atoms with Gasteiger partial charge in [-0.1, -0.05) is 33.6 Å². The highest BCUT2D eigenvalue weighted by Gasteiger charge is 2.23. The quantitative estimate of drug-likeness (QED) is 0.148. The molecule has 0 bridgehead atoms. The first-order valence-electron chi connectivity index (χ1n) is 17.3. The van der Waals surface area contributed by atoms with E-state index < -0.39 is 16.7 Å². The Hall–Kier alpha value is -4.38. The van der Waals surface area contributed by atoms with Gasteiger partial charge >= 0.3 is 0 Å². The summed E-state index contributed by atoms with van der Waals surface area (Å²) in [6, 6.07) is 11.3. The highest BCUT2D eigenvalue weighted by atomic mass is 79.9. The normalized spacial score (nSPS) is 15.5. The zero-order valence-electron chi connectivity index (χ0n) is 29.1. The average Bonchev–Trinajstić information content (AvgIpc) is 3.76. The second kappa shape index (κ2) is 16.3. The summed E-state index contributed by atoms with van der Waals surface area (Å²) in [5, 5.41) is 14.7. The molecule has 6 heterocycles. The first-order chi connectivity index (χ1) is 25.6. The number of hydrogen-bond donors (Lipinski definition) is 2. The van der Waals surface area contributed by atoms with Crippen molar-refractivity contribution < 1.29 is 22.6 Å². The van der Waals surface area contributed by atoms with Gasteiger partial charge in [-0.25, -0.2) is 23.1 Å². The molecule has 17 heteroatoms. The molecule has 2 aliphatic heterocycles. The van der Waals surface area contributed by atoms with Crippen molar-refractivity contribution in [3.8, 4) is 0 Å². The van der Waals surface area contributed by atoms with E-state index in [0.29, 0.717) is 46.3 Å². The van der Waals surface area contributed by atoms with Crippen LogP contribution in [0.2, 0.25) is 5.02 Å². The second-order valence-corrected chi connectivity index (χ2v) is 14.3. The van der Waals surface area contributed by atoms with E-state index in [1.165, 1.54) is 18.2 Å². The first-order valence-corrected chi connectivity index (χ1v) is 18.5. The lowest BCUT2D eigenvalue weighted by Gasteiger charge is -2.22. The van der Waals surface area contributed by atoms with Crippen molar-refractivity contribution in [2.24, 2.45) is 0 Å². The van der Waals surface area contributed by atoms with E-state index >= 15 is 0 Å². The summed E-state index contributed by atoms with van der Waals surface area (Å²) < 4.78 is 56.0. The highest BCUT2D eigenvalue weighted by molar-refractivity contribution is 9.10. The van der Waals surface area contributed by atoms with E-state index in [1.807, 2.05) is 30.5 Å². The summed E-state index contributed by atoms with van der Waals surface area (Å²) in [5.41, 5.74) is 4.98. The minimum Gasteiger partial charge on any atom is -0.381 e. The molecule has 278 valence electrons. The molecule has 2 saturated heterocycles. The molecule has 12 nitrogen and oxygen atoms in total. The Morgan fingerprint density at radius 2 is 1.26 bits per heavy atom. The molecule has 8 rings (SSSR count). The zero-order valence-corrected chi connectivity index (χ0v) is 31.4. The van der Waals surface area contributed by atoms with Gasteiger partial charge in [0.05, 0.1) is 11.4 Å². The zero-order chi connectivity index (χ0) is 37.1. The van der Waals surface area contributed by atoms with Crippen LogP contribution in [-0.4, -0.2) is 65.6 Å². The Kier molecular flexibility index (Phi) is 11.4. The number of nitrogens with one attached hydrogen (secondary N) is 2. The van der Waals surface area contributed by atoms with Gasteiger partial charge in [0.1, 0.15) is 22.5 Å². The molecule has 0 unspecified atom stereocenters. The van der Waals surface area contributed by atoms with Crippen molar-refractivity contribution in [2.45, 2.75) is 64.5 Å². The third-order valence-electron chi connectivity index (χ3n) is 9.14. The SMILES string of the molecule is Cc1cc(C2CCOCC2)n2nc(NCc3cc(F)cc(Br)c3)nc2n1.Cc1cc(C2CCOCC2)n2nc(NCc3ccc(F)c(Cl)c3F)nc2n1. The number of aromatic nitrogens is 8. The van der Waals surface area contributed by atoms with Crippen LogP contribution in [0.5, 0.6) is 0 Å². The molecule has 2 fully saturated rings. The van der Waals surface area contributed by atoms with E-state index in [9.17, 15) is 13.2 Å². The number of benzene rings is 2. The van der Waals surface area contributed by atoms with Crippen LogP contribution in [-0.2, 0) is 22.6 Å². The summed E-state index contributed by atoms with van der Waals surface area (Å²) >= 11 is 8.93. The first kappa shape index (κ1) is 37.0. The molecular weight excluding hydrogens is 777 g/mol. The molecule has 53 heavy (non-hydrogen) atoms. The monoisotopic (exact) mass is 812 g/mol. The minimum atomic E-state index is -0.787. The number of ether oxygens (including phenoxy) is 2. The lowest BCUT2D eigenvalue weighted by atomic mass is 9.96. The van der Waals surface area contributed by atoms with Gasteiger partial charge in [-0.2, -0.15) is 19.0 Å². The molecule has 0 aliphatic carbocycles. The minimum absolute atomic E-state index is 0.0777. The fourth-order valence-electron chi connectivity index (χ4n) is 6.52. The fourth-order valence-corrected chi connectivity index (χ4v) is 7.22. The van der Waals surface area contributed by atoms with E-state index in [4.69, 9.17) is 21.1 Å². The Bertz CT molecular complexity index is 2220. The van der Waals surface area contributed by atoms with Gasteiger partial charge in [-0.05, 0) is 81.5 Å². The summed E-state index contributed by atoms with van der Waals surface area (Å²) in [6.45, 7) is 7.36. The van der Waals surface area contributed by atoms with E-state index in [1.54, 1.807) is 4.52 Å². The highest BCUT2D eigenvalue weighted by Crippen LogP contribution is 2.29. The van der Waals surface area contributed by atoms with Gasteiger partial charge in [0.15, 0.2) is 0 Å². The Labute approximate surface area is 316 Å². The molecule has 2 N–H and O–H groups in total. The van der Waals surface area contributed by atoms with Crippen LogP contribution >= 0.6 is 27.5 Å². The van der Waals surface area contributed by atoms with Crippen molar-refractivity contribution in [1.82, 2.24) is 39.2 Å². The second-order valence-electron chi connectivity index (χ2n) is 13.0. The Morgan fingerprint density at radius 1 is 0.736 bits per heavy atom. The largest absolute Gasteiger partial charge is 0.381 e. The van der Waals surface area contributed by atoms with E-state index in [2.05, 4.69) is 62.8 Å². The molecule has 2 aromatic carbocycles. The van der Waals surface area contributed by atoms with Gasteiger partial charge in [0.25, 0.3) is 11.6 Å². The Balaban J connectivity index is 0.000000164. The van der Waals surface area contributed by atoms with Gasteiger partial charge in [-0.3, -0.25) is 0 Å². The Morgan fingerprint density at radius 3 is 1.79 bits per heavy atom. The molecule has 0 spiro atoms. The summed E-state index contributed by atoms with van der Waals surface area (Å²) in [6.07, 6.45) is 3.78. The van der Waals surface area contributed by atoms with Crippen LogP contribution in [0, 0.1) is 31.3 Å². The maximum Gasteiger partial charge on any atom is 0.254 e. The van der Waals surface area contributed by atoms with Gasteiger partial charge in [-0.15, -0.1) is 10.2 Å². The number of halogens is 5. The molecule has 2 aliphatic rings. The smallest absolute Gasteiger partial charge is 0.254 e. The van der Waals surface area contributed by atoms with E-state index in [-0.39, 0.29) is 17.9 Å². The maximum absolute atomic E-state index is 14.0. The molecular formula is C36H37BrClF3N10O2. The van der Waals surface area contributed by atoms with Gasteiger partial charge < -0.3 is 20.1 Å². The average molecular weight is 814 g/mol. The number of anilines is 2. The van der Waals surface area contributed by atoms with Crippen LogP contribution in [0.25, 0.3) is 11.6 Å². The summed E-state index contributed by atoms with van der Waals surface area (Å²) in [7, 11) is 0. The lowest BCUT2D eigenvalue weighted by molar-refractivity contribution is 0.0839. The van der Waals surface area contributed by atoms with Crippen LogP contribution in [0.4, 0.5) is 25.1 Å². The number of hydrogen-bond acceptors (Lipinski definition) is 10. The topological polar surface area (TPSA) is 129 Å². The third kappa shape index (κ3) is 8.72. The number of nitrogens with zero attached hydrogens (tertiary/aromatic N) is 8. The van der Waals surface area contributed by atoms with Crippen molar-refractivity contribution in [3.05, 3.63) is 103 Å². The van der Waals surface area contributed by atoms with Gasteiger partial charge in [0.2, 0.25) is 11.9 Å². The molecule has 6 aromatic rings. The van der Waals surface area contributed by atoms with Crippen LogP contribution < -0.4 is 10.6 Å². The molecule has 0 saturated carbocycles. The fraction of sp³-hybridized carbons (Fsp3) is 0.389. The summed E-state index contributed by atoms with van der Waals surface area (Å²) in [5.74, 6) is 0.726. The molecule has 4 aromatic heterocycles. The number of aryl methyl sites for hydroxylation is 2.